The number of ether oxygens (including phenoxy) is 1. The zero-order chi connectivity index (χ0) is 13.8. The summed E-state index contributed by atoms with van der Waals surface area (Å²) in [4.78, 5) is 11.3. The summed E-state index contributed by atoms with van der Waals surface area (Å²) in [5, 5.41) is 0. The number of hydrogen-bond donors (Lipinski definition) is 0. The van der Waals surface area contributed by atoms with Crippen molar-refractivity contribution >= 4 is 5.97 Å². The highest BCUT2D eigenvalue weighted by molar-refractivity contribution is 5.69. The van der Waals surface area contributed by atoms with Gasteiger partial charge >= 0.3 is 5.97 Å². The highest BCUT2D eigenvalue weighted by Crippen LogP contribution is 2.10. The van der Waals surface area contributed by atoms with E-state index in [0.29, 0.717) is 18.9 Å². The first kappa shape index (κ1) is 17.5. The van der Waals surface area contributed by atoms with Gasteiger partial charge in [-0.2, -0.15) is 0 Å². The Morgan fingerprint density at radius 1 is 0.833 bits per heavy atom. The summed E-state index contributed by atoms with van der Waals surface area (Å²) in [6.07, 6.45) is 9.00. The number of unbranched alkanes of at least 4 members (excludes halogenated alkanes) is 4. The smallest absolute Gasteiger partial charge is 0.305 e. The van der Waals surface area contributed by atoms with Crippen LogP contribution in [0.3, 0.4) is 0 Å². The van der Waals surface area contributed by atoms with Crippen LogP contribution in [-0.4, -0.2) is 12.6 Å². The Kier molecular flexibility index (Phi) is 11.2. The largest absolute Gasteiger partial charge is 0.466 e. The first-order valence-electron chi connectivity index (χ1n) is 7.68. The van der Waals surface area contributed by atoms with Crippen molar-refractivity contribution in [3.05, 3.63) is 0 Å². The molecule has 0 rings (SSSR count). The Bertz CT molecular complexity index is 197. The van der Waals surface area contributed by atoms with Crippen molar-refractivity contribution in [1.29, 1.82) is 0 Å². The third-order valence-corrected chi connectivity index (χ3v) is 3.11. The molecule has 0 aliphatic carbocycles. The Morgan fingerprint density at radius 2 is 1.39 bits per heavy atom. The molecule has 0 saturated carbocycles. The summed E-state index contributed by atoms with van der Waals surface area (Å²) in [6, 6.07) is 0. The molecule has 2 nitrogen and oxygen atoms in total. The van der Waals surface area contributed by atoms with E-state index in [4.69, 9.17) is 4.74 Å². The van der Waals surface area contributed by atoms with Gasteiger partial charge in [0.1, 0.15) is 0 Å². The molecule has 0 aliphatic rings. The van der Waals surface area contributed by atoms with E-state index in [1.165, 1.54) is 32.1 Å². The molecular weight excluding hydrogens is 224 g/mol. The van der Waals surface area contributed by atoms with Crippen LogP contribution < -0.4 is 0 Å². The van der Waals surface area contributed by atoms with E-state index >= 15 is 0 Å². The minimum atomic E-state index is -0.0245. The zero-order valence-electron chi connectivity index (χ0n) is 12.8. The van der Waals surface area contributed by atoms with Crippen LogP contribution in [0.25, 0.3) is 0 Å². The molecule has 108 valence electrons. The van der Waals surface area contributed by atoms with Crippen LogP contribution in [0.4, 0.5) is 0 Å². The second-order valence-electron chi connectivity index (χ2n) is 6.10. The molecule has 0 unspecified atom stereocenters. The zero-order valence-corrected chi connectivity index (χ0v) is 12.8. The predicted molar refractivity (Wildman–Crippen MR) is 77.6 cm³/mol. The van der Waals surface area contributed by atoms with Crippen molar-refractivity contribution in [1.82, 2.24) is 0 Å². The second-order valence-corrected chi connectivity index (χ2v) is 6.10. The molecule has 0 aromatic rings. The maximum Gasteiger partial charge on any atom is 0.305 e. The highest BCUT2D eigenvalue weighted by Gasteiger charge is 2.04. The standard InChI is InChI=1S/C16H32O2/c1-14(2)10-8-6-5-7-9-13-18-16(17)12-11-15(3)4/h14-15H,5-13H2,1-4H3. The van der Waals surface area contributed by atoms with Gasteiger partial charge < -0.3 is 4.74 Å². The molecule has 18 heavy (non-hydrogen) atoms. The van der Waals surface area contributed by atoms with E-state index in [1.807, 2.05) is 0 Å². The maximum absolute atomic E-state index is 11.3. The molecule has 0 aromatic heterocycles. The second kappa shape index (κ2) is 11.6. The minimum absolute atomic E-state index is 0.0245. The molecule has 0 fully saturated rings. The Hall–Kier alpha value is -0.530. The van der Waals surface area contributed by atoms with Crippen molar-refractivity contribution < 1.29 is 9.53 Å². The molecule has 0 aliphatic heterocycles. The van der Waals surface area contributed by atoms with Crippen LogP contribution in [0.2, 0.25) is 0 Å². The molecule has 0 radical (unpaired) electrons. The minimum Gasteiger partial charge on any atom is -0.466 e. The molecule has 0 bridgehead atoms. The van der Waals surface area contributed by atoms with Gasteiger partial charge in [-0.15, -0.1) is 0 Å². The molecule has 0 N–H and O–H groups in total. The molecule has 0 aromatic carbocycles. The lowest BCUT2D eigenvalue weighted by Crippen LogP contribution is -2.07. The molecule has 0 saturated heterocycles. The molecule has 0 amide bonds. The summed E-state index contributed by atoms with van der Waals surface area (Å²) in [6.45, 7) is 9.42. The van der Waals surface area contributed by atoms with Gasteiger partial charge in [-0.1, -0.05) is 59.8 Å². The van der Waals surface area contributed by atoms with E-state index in [9.17, 15) is 4.79 Å². The fourth-order valence-electron chi connectivity index (χ4n) is 1.85. The lowest BCUT2D eigenvalue weighted by molar-refractivity contribution is -0.144. The summed E-state index contributed by atoms with van der Waals surface area (Å²) in [7, 11) is 0. The number of carbonyl (C=O) groups is 1. The monoisotopic (exact) mass is 256 g/mol. The third kappa shape index (κ3) is 13.5. The van der Waals surface area contributed by atoms with Crippen molar-refractivity contribution in [2.75, 3.05) is 6.61 Å². The third-order valence-electron chi connectivity index (χ3n) is 3.11. The molecule has 2 heteroatoms. The summed E-state index contributed by atoms with van der Waals surface area (Å²) < 4.78 is 5.20. The van der Waals surface area contributed by atoms with E-state index in [0.717, 1.165) is 18.8 Å². The highest BCUT2D eigenvalue weighted by atomic mass is 16.5. The van der Waals surface area contributed by atoms with Crippen molar-refractivity contribution in [2.45, 2.75) is 79.1 Å². The van der Waals surface area contributed by atoms with Crippen molar-refractivity contribution in [3.8, 4) is 0 Å². The topological polar surface area (TPSA) is 26.3 Å². The normalized spacial score (nSPS) is 11.2. The van der Waals surface area contributed by atoms with Gasteiger partial charge in [-0.25, -0.2) is 0 Å². The predicted octanol–water partition coefficient (Wildman–Crippen LogP) is 4.96. The lowest BCUT2D eigenvalue weighted by atomic mass is 10.0. The number of hydrogen-bond acceptors (Lipinski definition) is 2. The van der Waals surface area contributed by atoms with Crippen LogP contribution in [0.15, 0.2) is 0 Å². The number of rotatable bonds is 11. The van der Waals surface area contributed by atoms with Crippen LogP contribution in [-0.2, 0) is 9.53 Å². The van der Waals surface area contributed by atoms with E-state index in [2.05, 4.69) is 27.7 Å². The van der Waals surface area contributed by atoms with E-state index in [1.54, 1.807) is 0 Å². The SMILES string of the molecule is CC(C)CCCCCCCOC(=O)CCC(C)C. The van der Waals surface area contributed by atoms with E-state index < -0.39 is 0 Å². The molecule has 0 spiro atoms. The van der Waals surface area contributed by atoms with Gasteiger partial charge in [0.15, 0.2) is 0 Å². The lowest BCUT2D eigenvalue weighted by Gasteiger charge is -2.07. The Labute approximate surface area is 113 Å². The Balaban J connectivity index is 3.17. The molecule has 0 atom stereocenters. The van der Waals surface area contributed by atoms with Crippen LogP contribution in [0, 0.1) is 11.8 Å². The summed E-state index contributed by atoms with van der Waals surface area (Å²) >= 11 is 0. The maximum atomic E-state index is 11.3. The average molecular weight is 256 g/mol. The van der Waals surface area contributed by atoms with E-state index in [-0.39, 0.29) is 5.97 Å². The van der Waals surface area contributed by atoms with Crippen LogP contribution in [0.1, 0.15) is 79.1 Å². The fraction of sp³-hybridized carbons (Fsp3) is 0.938. The summed E-state index contributed by atoms with van der Waals surface area (Å²) in [5.41, 5.74) is 0. The van der Waals surface area contributed by atoms with Gasteiger partial charge in [0.2, 0.25) is 0 Å². The number of carbonyl (C=O) groups excluding carboxylic acids is 1. The molecular formula is C16H32O2. The van der Waals surface area contributed by atoms with Gasteiger partial charge in [0.25, 0.3) is 0 Å². The van der Waals surface area contributed by atoms with Crippen LogP contribution >= 0.6 is 0 Å². The fourth-order valence-corrected chi connectivity index (χ4v) is 1.85. The quantitative estimate of drug-likeness (QED) is 0.385. The number of esters is 1. The first-order valence-corrected chi connectivity index (χ1v) is 7.68. The van der Waals surface area contributed by atoms with Gasteiger partial charge in [-0.05, 0) is 24.7 Å². The first-order chi connectivity index (χ1) is 8.52. The van der Waals surface area contributed by atoms with Gasteiger partial charge in [0, 0.05) is 6.42 Å². The van der Waals surface area contributed by atoms with Crippen LogP contribution in [0.5, 0.6) is 0 Å². The summed E-state index contributed by atoms with van der Waals surface area (Å²) in [5.74, 6) is 1.38. The Morgan fingerprint density at radius 3 is 2.00 bits per heavy atom. The average Bonchev–Trinajstić information content (AvgIpc) is 2.29. The van der Waals surface area contributed by atoms with Gasteiger partial charge in [-0.3, -0.25) is 4.79 Å². The molecule has 0 heterocycles. The van der Waals surface area contributed by atoms with Crippen molar-refractivity contribution in [3.63, 3.8) is 0 Å². The van der Waals surface area contributed by atoms with Gasteiger partial charge in [0.05, 0.1) is 6.61 Å². The van der Waals surface area contributed by atoms with Crippen molar-refractivity contribution in [2.24, 2.45) is 11.8 Å².